The van der Waals surface area contributed by atoms with Crippen LogP contribution in [0.1, 0.15) is 22.5 Å². The Morgan fingerprint density at radius 2 is 1.77 bits per heavy atom. The summed E-state index contributed by atoms with van der Waals surface area (Å²) in [6, 6.07) is 19.5. The fraction of sp³-hybridized carbons (Fsp3) is 0.158. The Labute approximate surface area is 130 Å². The molecule has 0 radical (unpaired) electrons. The lowest BCUT2D eigenvalue weighted by molar-refractivity contribution is 0.0986. The van der Waals surface area contributed by atoms with Gasteiger partial charge >= 0.3 is 0 Å². The van der Waals surface area contributed by atoms with Crippen molar-refractivity contribution in [2.45, 2.75) is 13.3 Å². The minimum absolute atomic E-state index is 0.156. The van der Waals surface area contributed by atoms with Gasteiger partial charge in [0.05, 0.1) is 5.52 Å². The average molecular weight is 290 g/mol. The van der Waals surface area contributed by atoms with Gasteiger partial charge in [-0.1, -0.05) is 48.5 Å². The van der Waals surface area contributed by atoms with Gasteiger partial charge in [-0.3, -0.25) is 9.78 Å². The average Bonchev–Trinajstić information content (AvgIpc) is 2.55. The molecular weight excluding hydrogens is 272 g/mol. The molecule has 3 nitrogen and oxygen atoms in total. The van der Waals surface area contributed by atoms with Crippen LogP contribution in [0.15, 0.2) is 60.7 Å². The van der Waals surface area contributed by atoms with Gasteiger partial charge in [0.1, 0.15) is 0 Å². The van der Waals surface area contributed by atoms with E-state index in [4.69, 9.17) is 0 Å². The zero-order valence-electron chi connectivity index (χ0n) is 12.5. The number of pyridine rings is 1. The molecule has 0 aliphatic heterocycles. The predicted molar refractivity (Wildman–Crippen MR) is 90.4 cm³/mol. The van der Waals surface area contributed by atoms with Crippen LogP contribution >= 0.6 is 0 Å². The SMILES string of the molecule is Cc1cc(NCCC(=O)c2ccccc2)c2ccccc2n1. The molecule has 22 heavy (non-hydrogen) atoms. The van der Waals surface area contributed by atoms with Crippen LogP contribution in [-0.4, -0.2) is 17.3 Å². The van der Waals surface area contributed by atoms with Gasteiger partial charge in [0.25, 0.3) is 0 Å². The molecule has 3 rings (SSSR count). The highest BCUT2D eigenvalue weighted by atomic mass is 16.1. The topological polar surface area (TPSA) is 42.0 Å². The summed E-state index contributed by atoms with van der Waals surface area (Å²) in [4.78, 5) is 16.6. The molecule has 0 bridgehead atoms. The number of Topliss-reactive ketones (excluding diaryl/α,β-unsaturated/α-hetero) is 1. The van der Waals surface area contributed by atoms with Crippen LogP contribution in [0.2, 0.25) is 0 Å². The van der Waals surface area contributed by atoms with Gasteiger partial charge in [0.2, 0.25) is 0 Å². The lowest BCUT2D eigenvalue weighted by Gasteiger charge is -2.10. The fourth-order valence-corrected chi connectivity index (χ4v) is 2.53. The Bertz CT molecular complexity index is 797. The quantitative estimate of drug-likeness (QED) is 0.715. The van der Waals surface area contributed by atoms with Crippen LogP contribution in [0.25, 0.3) is 10.9 Å². The molecule has 3 heteroatoms. The molecule has 0 aliphatic carbocycles. The Hall–Kier alpha value is -2.68. The van der Waals surface area contributed by atoms with Crippen molar-refractivity contribution in [3.63, 3.8) is 0 Å². The van der Waals surface area contributed by atoms with Gasteiger partial charge < -0.3 is 5.32 Å². The van der Waals surface area contributed by atoms with Crippen molar-refractivity contribution < 1.29 is 4.79 Å². The molecule has 0 amide bonds. The summed E-state index contributed by atoms with van der Waals surface area (Å²) >= 11 is 0. The smallest absolute Gasteiger partial charge is 0.164 e. The number of fused-ring (bicyclic) bond motifs is 1. The molecule has 0 aliphatic rings. The molecule has 0 atom stereocenters. The summed E-state index contributed by atoms with van der Waals surface area (Å²) in [5.74, 6) is 0.156. The third-order valence-electron chi connectivity index (χ3n) is 3.61. The van der Waals surface area contributed by atoms with Crippen molar-refractivity contribution in [2.24, 2.45) is 0 Å². The van der Waals surface area contributed by atoms with E-state index in [2.05, 4.69) is 10.3 Å². The van der Waals surface area contributed by atoms with Crippen LogP contribution in [0.3, 0.4) is 0 Å². The molecule has 110 valence electrons. The molecule has 1 aromatic heterocycles. The molecule has 3 aromatic rings. The molecular formula is C19H18N2O. The van der Waals surface area contributed by atoms with Crippen molar-refractivity contribution in [2.75, 3.05) is 11.9 Å². The molecule has 2 aromatic carbocycles. The zero-order chi connectivity index (χ0) is 15.4. The Morgan fingerprint density at radius 1 is 1.05 bits per heavy atom. The first-order valence-corrected chi connectivity index (χ1v) is 7.42. The largest absolute Gasteiger partial charge is 0.384 e. The van der Waals surface area contributed by atoms with Crippen molar-refractivity contribution in [1.82, 2.24) is 4.98 Å². The minimum Gasteiger partial charge on any atom is -0.384 e. The first-order chi connectivity index (χ1) is 10.7. The number of carbonyl (C=O) groups is 1. The third kappa shape index (κ3) is 3.14. The van der Waals surface area contributed by atoms with Crippen LogP contribution in [0, 0.1) is 6.92 Å². The normalized spacial score (nSPS) is 10.6. The number of aryl methyl sites for hydroxylation is 1. The summed E-state index contributed by atoms with van der Waals surface area (Å²) in [5.41, 5.74) is 3.74. The van der Waals surface area contributed by atoms with Crippen LogP contribution in [0.4, 0.5) is 5.69 Å². The van der Waals surface area contributed by atoms with Crippen LogP contribution in [0.5, 0.6) is 0 Å². The van der Waals surface area contributed by atoms with E-state index in [9.17, 15) is 4.79 Å². The lowest BCUT2D eigenvalue weighted by Crippen LogP contribution is -2.09. The molecule has 1 heterocycles. The van der Waals surface area contributed by atoms with E-state index in [0.717, 1.165) is 27.8 Å². The number of carbonyl (C=O) groups excluding carboxylic acids is 1. The maximum Gasteiger partial charge on any atom is 0.164 e. The van der Waals surface area contributed by atoms with Gasteiger partial charge in [-0.15, -0.1) is 0 Å². The Balaban J connectivity index is 1.71. The summed E-state index contributed by atoms with van der Waals surface area (Å²) in [7, 11) is 0. The van der Waals surface area contributed by atoms with E-state index in [1.165, 1.54) is 0 Å². The first kappa shape index (κ1) is 14.3. The van der Waals surface area contributed by atoms with Gasteiger partial charge in [-0.25, -0.2) is 0 Å². The highest BCUT2D eigenvalue weighted by Gasteiger charge is 2.06. The molecule has 0 spiro atoms. The summed E-state index contributed by atoms with van der Waals surface area (Å²) in [5, 5.41) is 4.45. The number of benzene rings is 2. The maximum atomic E-state index is 12.1. The highest BCUT2D eigenvalue weighted by molar-refractivity contribution is 5.96. The Morgan fingerprint density at radius 3 is 2.59 bits per heavy atom. The molecule has 0 saturated heterocycles. The highest BCUT2D eigenvalue weighted by Crippen LogP contribution is 2.22. The Kier molecular flexibility index (Phi) is 4.15. The molecule has 0 saturated carbocycles. The number of nitrogens with one attached hydrogen (secondary N) is 1. The van der Waals surface area contributed by atoms with Gasteiger partial charge in [0.15, 0.2) is 5.78 Å². The number of ketones is 1. The fourth-order valence-electron chi connectivity index (χ4n) is 2.53. The van der Waals surface area contributed by atoms with Crippen molar-refractivity contribution in [3.05, 3.63) is 71.9 Å². The van der Waals surface area contributed by atoms with E-state index in [1.807, 2.05) is 67.6 Å². The van der Waals surface area contributed by atoms with E-state index >= 15 is 0 Å². The number of hydrogen-bond acceptors (Lipinski definition) is 3. The van der Waals surface area contributed by atoms with Gasteiger partial charge in [-0.05, 0) is 19.1 Å². The van der Waals surface area contributed by atoms with E-state index < -0.39 is 0 Å². The zero-order valence-corrected chi connectivity index (χ0v) is 12.5. The second-order valence-electron chi connectivity index (χ2n) is 5.29. The number of para-hydroxylation sites is 1. The molecule has 0 fully saturated rings. The van der Waals surface area contributed by atoms with Gasteiger partial charge in [0, 0.05) is 35.3 Å². The van der Waals surface area contributed by atoms with E-state index in [0.29, 0.717) is 13.0 Å². The number of hydrogen-bond donors (Lipinski definition) is 1. The second kappa shape index (κ2) is 6.39. The van der Waals surface area contributed by atoms with Crippen LogP contribution < -0.4 is 5.32 Å². The minimum atomic E-state index is 0.156. The van der Waals surface area contributed by atoms with Crippen molar-refractivity contribution >= 4 is 22.4 Å². The summed E-state index contributed by atoms with van der Waals surface area (Å²) in [6.07, 6.45) is 0.472. The predicted octanol–water partition coefficient (Wildman–Crippen LogP) is 4.23. The standard InChI is InChI=1S/C19H18N2O/c1-14-13-18(16-9-5-6-10-17(16)21-14)20-12-11-19(22)15-7-3-2-4-8-15/h2-10,13H,11-12H2,1H3,(H,20,21). The number of aromatic nitrogens is 1. The summed E-state index contributed by atoms with van der Waals surface area (Å²) in [6.45, 7) is 2.59. The van der Waals surface area contributed by atoms with Crippen molar-refractivity contribution in [3.8, 4) is 0 Å². The number of anilines is 1. The summed E-state index contributed by atoms with van der Waals surface area (Å²) < 4.78 is 0. The monoisotopic (exact) mass is 290 g/mol. The van der Waals surface area contributed by atoms with E-state index in [-0.39, 0.29) is 5.78 Å². The maximum absolute atomic E-state index is 12.1. The van der Waals surface area contributed by atoms with Crippen molar-refractivity contribution in [1.29, 1.82) is 0 Å². The number of nitrogens with zero attached hydrogens (tertiary/aromatic N) is 1. The number of rotatable bonds is 5. The third-order valence-corrected chi connectivity index (χ3v) is 3.61. The molecule has 1 N–H and O–H groups in total. The first-order valence-electron chi connectivity index (χ1n) is 7.42. The second-order valence-corrected chi connectivity index (χ2v) is 5.29. The lowest BCUT2D eigenvalue weighted by atomic mass is 10.1. The van der Waals surface area contributed by atoms with Gasteiger partial charge in [-0.2, -0.15) is 0 Å². The molecule has 0 unspecified atom stereocenters. The van der Waals surface area contributed by atoms with Crippen LogP contribution in [-0.2, 0) is 0 Å². The van der Waals surface area contributed by atoms with E-state index in [1.54, 1.807) is 0 Å².